The van der Waals surface area contributed by atoms with Gasteiger partial charge in [0.1, 0.15) is 6.04 Å². The van der Waals surface area contributed by atoms with Gasteiger partial charge in [0.25, 0.3) is 0 Å². The van der Waals surface area contributed by atoms with E-state index >= 15 is 0 Å². The molecule has 0 amide bonds. The van der Waals surface area contributed by atoms with E-state index in [-0.39, 0.29) is 12.0 Å². The van der Waals surface area contributed by atoms with E-state index in [1.807, 2.05) is 18.4 Å². The molecule has 0 aliphatic heterocycles. The lowest BCUT2D eigenvalue weighted by molar-refractivity contribution is -0.146. The van der Waals surface area contributed by atoms with Crippen molar-refractivity contribution in [2.24, 2.45) is 0 Å². The van der Waals surface area contributed by atoms with Crippen molar-refractivity contribution in [1.82, 2.24) is 5.32 Å². The van der Waals surface area contributed by atoms with Gasteiger partial charge in [-0.25, -0.2) is 4.79 Å². The lowest BCUT2D eigenvalue weighted by atomic mass is 9.95. The summed E-state index contributed by atoms with van der Waals surface area (Å²) in [6.45, 7) is 2.27. The van der Waals surface area contributed by atoms with Crippen LogP contribution in [0.5, 0.6) is 0 Å². The highest BCUT2D eigenvalue weighted by molar-refractivity contribution is 9.10. The van der Waals surface area contributed by atoms with Crippen LogP contribution in [-0.4, -0.2) is 18.6 Å². The highest BCUT2D eigenvalue weighted by Gasteiger charge is 2.28. The molecule has 2 rings (SSSR count). The second kappa shape index (κ2) is 7.41. The van der Waals surface area contributed by atoms with Gasteiger partial charge in [-0.3, -0.25) is 5.32 Å². The van der Waals surface area contributed by atoms with E-state index in [2.05, 4.69) is 21.2 Å². The van der Waals surface area contributed by atoms with Crippen LogP contribution in [0.4, 0.5) is 0 Å². The first-order valence-corrected chi connectivity index (χ1v) is 8.55. The molecule has 1 unspecified atom stereocenters. The summed E-state index contributed by atoms with van der Waals surface area (Å²) >= 11 is 5.10. The van der Waals surface area contributed by atoms with Crippen molar-refractivity contribution in [3.8, 4) is 0 Å². The number of halogens is 1. The van der Waals surface area contributed by atoms with E-state index in [9.17, 15) is 4.79 Å². The number of ether oxygens (including phenoxy) is 1. The predicted molar refractivity (Wildman–Crippen MR) is 81.4 cm³/mol. The molecule has 0 bridgehead atoms. The second-order valence-corrected chi connectivity index (χ2v) is 6.62. The first-order chi connectivity index (χ1) is 9.22. The molecule has 0 saturated heterocycles. The first-order valence-electron chi connectivity index (χ1n) is 6.88. The number of rotatable bonds is 5. The maximum Gasteiger partial charge on any atom is 0.328 e. The van der Waals surface area contributed by atoms with E-state index < -0.39 is 0 Å². The van der Waals surface area contributed by atoms with Crippen molar-refractivity contribution in [3.05, 3.63) is 20.8 Å². The third-order valence-corrected chi connectivity index (χ3v) is 5.37. The Balaban J connectivity index is 2.09. The Hall–Kier alpha value is -0.390. The molecule has 19 heavy (non-hydrogen) atoms. The fourth-order valence-corrected chi connectivity index (χ4v) is 4.14. The monoisotopic (exact) mass is 345 g/mol. The van der Waals surface area contributed by atoms with Crippen molar-refractivity contribution < 1.29 is 9.53 Å². The molecule has 1 aromatic heterocycles. The molecule has 1 heterocycles. The summed E-state index contributed by atoms with van der Waals surface area (Å²) in [6.07, 6.45) is 6.11. The minimum atomic E-state index is -0.336. The smallest absolute Gasteiger partial charge is 0.328 e. The second-order valence-electron chi connectivity index (χ2n) is 4.82. The minimum Gasteiger partial charge on any atom is -0.465 e. The van der Waals surface area contributed by atoms with Gasteiger partial charge in [-0.15, -0.1) is 11.3 Å². The largest absolute Gasteiger partial charge is 0.465 e. The summed E-state index contributed by atoms with van der Waals surface area (Å²) in [4.78, 5) is 13.2. The molecule has 3 nitrogen and oxygen atoms in total. The molecular weight excluding hydrogens is 326 g/mol. The number of esters is 1. The maximum atomic E-state index is 12.2. The van der Waals surface area contributed by atoms with Gasteiger partial charge < -0.3 is 4.74 Å². The Morgan fingerprint density at radius 3 is 2.84 bits per heavy atom. The van der Waals surface area contributed by atoms with Crippen molar-refractivity contribution in [2.45, 2.75) is 51.1 Å². The highest BCUT2D eigenvalue weighted by atomic mass is 79.9. The topological polar surface area (TPSA) is 38.3 Å². The average molecular weight is 346 g/mol. The number of carbonyl (C=O) groups is 1. The van der Waals surface area contributed by atoms with Crippen LogP contribution in [0.15, 0.2) is 15.9 Å². The Kier molecular flexibility index (Phi) is 5.85. The van der Waals surface area contributed by atoms with Crippen molar-refractivity contribution >= 4 is 33.2 Å². The Labute approximate surface area is 126 Å². The minimum absolute atomic E-state index is 0.170. The molecule has 0 spiro atoms. The van der Waals surface area contributed by atoms with Crippen molar-refractivity contribution in [1.29, 1.82) is 0 Å². The zero-order chi connectivity index (χ0) is 13.7. The van der Waals surface area contributed by atoms with Crippen LogP contribution in [0.1, 0.15) is 49.9 Å². The fraction of sp³-hybridized carbons (Fsp3) is 0.643. The van der Waals surface area contributed by atoms with E-state index in [1.54, 1.807) is 11.3 Å². The van der Waals surface area contributed by atoms with Gasteiger partial charge in [-0.1, -0.05) is 19.3 Å². The molecule has 5 heteroatoms. The highest BCUT2D eigenvalue weighted by Crippen LogP contribution is 2.31. The Bertz CT molecular complexity index is 415. The average Bonchev–Trinajstić information content (AvgIpc) is 2.83. The Morgan fingerprint density at radius 1 is 1.53 bits per heavy atom. The zero-order valence-electron chi connectivity index (χ0n) is 11.2. The van der Waals surface area contributed by atoms with Gasteiger partial charge in [0.2, 0.25) is 0 Å². The van der Waals surface area contributed by atoms with Crippen LogP contribution >= 0.6 is 27.3 Å². The summed E-state index contributed by atoms with van der Waals surface area (Å²) in [7, 11) is 0. The molecule has 1 atom stereocenters. The summed E-state index contributed by atoms with van der Waals surface area (Å²) < 4.78 is 6.19. The lowest BCUT2D eigenvalue weighted by Crippen LogP contribution is -2.38. The SMILES string of the molecule is CCOC(=O)C(NC1CCCCC1)c1sccc1Br. The molecule has 0 radical (unpaired) electrons. The summed E-state index contributed by atoms with van der Waals surface area (Å²) in [5.41, 5.74) is 0. The van der Waals surface area contributed by atoms with E-state index in [0.717, 1.165) is 22.2 Å². The number of hydrogen-bond acceptors (Lipinski definition) is 4. The summed E-state index contributed by atoms with van der Waals surface area (Å²) in [5.74, 6) is -0.170. The zero-order valence-corrected chi connectivity index (χ0v) is 13.6. The van der Waals surface area contributed by atoms with Crippen molar-refractivity contribution in [2.75, 3.05) is 6.61 Å². The van der Waals surface area contributed by atoms with Crippen LogP contribution in [-0.2, 0) is 9.53 Å². The molecular formula is C14H20BrNO2S. The van der Waals surface area contributed by atoms with Gasteiger partial charge in [0.05, 0.1) is 6.61 Å². The van der Waals surface area contributed by atoms with E-state index in [0.29, 0.717) is 12.6 Å². The molecule has 1 N–H and O–H groups in total. The van der Waals surface area contributed by atoms with Crippen LogP contribution in [0.2, 0.25) is 0 Å². The van der Waals surface area contributed by atoms with Gasteiger partial charge in [0, 0.05) is 15.4 Å². The lowest BCUT2D eigenvalue weighted by Gasteiger charge is -2.27. The van der Waals surface area contributed by atoms with Crippen LogP contribution < -0.4 is 5.32 Å². The Morgan fingerprint density at radius 2 is 2.26 bits per heavy atom. The number of nitrogens with one attached hydrogen (secondary N) is 1. The van der Waals surface area contributed by atoms with Crippen LogP contribution in [0, 0.1) is 0 Å². The van der Waals surface area contributed by atoms with E-state index in [1.165, 1.54) is 19.3 Å². The van der Waals surface area contributed by atoms with E-state index in [4.69, 9.17) is 4.74 Å². The van der Waals surface area contributed by atoms with Gasteiger partial charge in [0.15, 0.2) is 0 Å². The molecule has 0 aromatic carbocycles. The predicted octanol–water partition coefficient (Wildman–Crippen LogP) is 4.04. The first kappa shape index (κ1) is 15.0. The molecule has 1 aliphatic carbocycles. The maximum absolute atomic E-state index is 12.2. The molecule has 1 saturated carbocycles. The molecule has 1 aliphatic rings. The number of thiophene rings is 1. The summed E-state index contributed by atoms with van der Waals surface area (Å²) in [5, 5.41) is 5.48. The van der Waals surface area contributed by atoms with Crippen molar-refractivity contribution in [3.63, 3.8) is 0 Å². The number of hydrogen-bond donors (Lipinski definition) is 1. The normalized spacial score (nSPS) is 18.2. The third kappa shape index (κ3) is 4.04. The van der Waals surface area contributed by atoms with Gasteiger partial charge in [-0.2, -0.15) is 0 Å². The van der Waals surface area contributed by atoms with Crippen LogP contribution in [0.25, 0.3) is 0 Å². The van der Waals surface area contributed by atoms with Crippen LogP contribution in [0.3, 0.4) is 0 Å². The molecule has 1 fully saturated rings. The molecule has 106 valence electrons. The standard InChI is InChI=1S/C14H20BrNO2S/c1-2-18-14(17)12(13-11(15)8-9-19-13)16-10-6-4-3-5-7-10/h8-10,12,16H,2-7H2,1H3. The molecule has 1 aromatic rings. The fourth-order valence-electron chi connectivity index (χ4n) is 2.49. The van der Waals surface area contributed by atoms with Gasteiger partial charge >= 0.3 is 5.97 Å². The summed E-state index contributed by atoms with van der Waals surface area (Å²) in [6, 6.07) is 2.07. The third-order valence-electron chi connectivity index (χ3n) is 3.44. The van der Waals surface area contributed by atoms with Gasteiger partial charge in [-0.05, 0) is 47.1 Å². The number of carbonyl (C=O) groups excluding carboxylic acids is 1. The quantitative estimate of drug-likeness (QED) is 0.818.